The van der Waals surface area contributed by atoms with Gasteiger partial charge < -0.3 is 65.5 Å². The van der Waals surface area contributed by atoms with Gasteiger partial charge in [-0.15, -0.1) is 0 Å². The average Bonchev–Trinajstić information content (AvgIpc) is 3.66. The highest BCUT2D eigenvalue weighted by atomic mass is 16.6. The molecule has 1 aliphatic heterocycles. The van der Waals surface area contributed by atoms with Gasteiger partial charge in [0.05, 0.1) is 26.4 Å². The zero-order valence-corrected chi connectivity index (χ0v) is 40.0. The van der Waals surface area contributed by atoms with Crippen LogP contribution in [0.5, 0.6) is 5.75 Å². The summed E-state index contributed by atoms with van der Waals surface area (Å²) < 4.78 is 26.8. The minimum atomic E-state index is -1.09. The van der Waals surface area contributed by atoms with Crippen molar-refractivity contribution in [3.63, 3.8) is 0 Å². The van der Waals surface area contributed by atoms with Crippen molar-refractivity contribution in [1.82, 2.24) is 36.0 Å². The number of nitrogens with two attached hydrogens (primary N) is 1. The van der Waals surface area contributed by atoms with Gasteiger partial charge in [0.15, 0.2) is 0 Å². The predicted octanol–water partition coefficient (Wildman–Crippen LogP) is 1.36. The molecule has 2 aromatic carbocycles. The normalized spacial score (nSPS) is 12.8. The summed E-state index contributed by atoms with van der Waals surface area (Å²) in [5.74, 6) is -3.12. The molecule has 2 heterocycles. The fraction of sp³-hybridized carbons (Fsp3) is 0.447. The van der Waals surface area contributed by atoms with Gasteiger partial charge in [-0.05, 0) is 54.7 Å². The van der Waals surface area contributed by atoms with Gasteiger partial charge in [-0.2, -0.15) is 0 Å². The number of nitrogens with zero attached hydrogens (tertiary/aromatic N) is 3. The number of rotatable bonds is 28. The quantitative estimate of drug-likeness (QED) is 0.0340. The zero-order valence-electron chi connectivity index (χ0n) is 40.0. The number of hydrogen-bond acceptors (Lipinski definition) is 15. The number of nitrogens with one attached hydrogen (secondary N) is 5. The third kappa shape index (κ3) is 19.6. The Kier molecular flexibility index (Phi) is 22.4. The van der Waals surface area contributed by atoms with Crippen molar-refractivity contribution in [1.29, 1.82) is 0 Å². The molecule has 0 radical (unpaired) electrons. The summed E-state index contributed by atoms with van der Waals surface area (Å²) in [6.45, 7) is 4.41. The lowest BCUT2D eigenvalue weighted by Crippen LogP contribution is -2.54. The molecule has 3 aromatic rings. The minimum Gasteiger partial charge on any atom is -0.445 e. The lowest BCUT2D eigenvalue weighted by molar-refractivity contribution is -0.137. The van der Waals surface area contributed by atoms with Gasteiger partial charge in [0.25, 0.3) is 11.8 Å². The second kappa shape index (κ2) is 28.6. The first kappa shape index (κ1) is 55.7. The minimum absolute atomic E-state index is 0.0210. The number of benzene rings is 2. The van der Waals surface area contributed by atoms with Crippen molar-refractivity contribution in [2.45, 2.75) is 58.2 Å². The Bertz CT molecular complexity index is 2430. The van der Waals surface area contributed by atoms with E-state index >= 15 is 0 Å². The van der Waals surface area contributed by atoms with E-state index in [2.05, 4.69) is 26.6 Å². The number of primary amides is 1. The smallest absolute Gasteiger partial charge is 0.415 e. The number of hydrogen-bond donors (Lipinski definition) is 6. The molecule has 0 fully saturated rings. The second-order valence-electron chi connectivity index (χ2n) is 16.4. The van der Waals surface area contributed by atoms with Gasteiger partial charge >= 0.3 is 23.8 Å². The molecular formula is C47H61N9O15. The van der Waals surface area contributed by atoms with Crippen molar-refractivity contribution in [3.05, 3.63) is 82.7 Å². The molecule has 0 saturated heterocycles. The third-order valence-electron chi connectivity index (χ3n) is 10.5. The fourth-order valence-electron chi connectivity index (χ4n) is 6.47. The van der Waals surface area contributed by atoms with Gasteiger partial charge in [0.2, 0.25) is 23.6 Å². The number of urea groups is 1. The van der Waals surface area contributed by atoms with E-state index in [0.717, 1.165) is 17.1 Å². The molecule has 0 aliphatic carbocycles. The van der Waals surface area contributed by atoms with Gasteiger partial charge in [0, 0.05) is 95.0 Å². The number of anilines is 1. The SMILES string of the molecule is CC(C)C(NC(=O)CCOCCOCCNC(=O)CCN1C(=O)C=CC1=O)C(=O)N[C@@H](CCCNC(N)=O)C(=O)Nc1ccc(COC(=O)N(C)CCN(C)C(=O)Oc2ccc3ccc(=O)oc3c2)cc1. The standard InChI is InChI=1S/C47H61N9O15/c1-30(2)42(53-38(58)18-24-67-26-27-68-25-20-49-37(57)17-21-56-39(59)14-15-40(56)60)44(63)52-35(6-5-19-50-45(48)64)43(62)51-33-11-7-31(8-12-33)29-69-46(65)54(3)22-23-55(4)47(66)70-34-13-9-32-10-16-41(61)71-36(32)28-34/h7-16,28,30,35,42H,5-6,17-27,29H2,1-4H3,(H,49,57)(H,51,62)(H,52,63)(H,53,58)(H3,48,50,64)/t35-,42?/m0/s1. The molecule has 2 atom stereocenters. The molecule has 24 heteroatoms. The van der Waals surface area contributed by atoms with E-state index in [1.54, 1.807) is 56.3 Å². The summed E-state index contributed by atoms with van der Waals surface area (Å²) in [5.41, 5.74) is 5.87. The van der Waals surface area contributed by atoms with Crippen LogP contribution in [0.25, 0.3) is 11.0 Å². The van der Waals surface area contributed by atoms with Crippen LogP contribution in [0, 0.1) is 5.92 Å². The highest BCUT2D eigenvalue weighted by Gasteiger charge is 2.29. The van der Waals surface area contributed by atoms with Crippen LogP contribution < -0.4 is 42.7 Å². The molecule has 1 unspecified atom stereocenters. The van der Waals surface area contributed by atoms with E-state index in [4.69, 9.17) is 29.1 Å². The maximum absolute atomic E-state index is 13.6. The first-order chi connectivity index (χ1) is 33.9. The molecule has 1 aromatic heterocycles. The summed E-state index contributed by atoms with van der Waals surface area (Å²) >= 11 is 0. The van der Waals surface area contributed by atoms with E-state index < -0.39 is 65.5 Å². The number of imide groups is 1. The summed E-state index contributed by atoms with van der Waals surface area (Å²) in [6, 6.07) is 11.1. The van der Waals surface area contributed by atoms with E-state index in [-0.39, 0.29) is 115 Å². The highest BCUT2D eigenvalue weighted by molar-refractivity contribution is 6.13. The van der Waals surface area contributed by atoms with Gasteiger partial charge in [0.1, 0.15) is 30.0 Å². The van der Waals surface area contributed by atoms with E-state index in [0.29, 0.717) is 16.6 Å². The Morgan fingerprint density at radius 2 is 1.39 bits per heavy atom. The average molecular weight is 992 g/mol. The molecule has 7 N–H and O–H groups in total. The monoisotopic (exact) mass is 991 g/mol. The number of carbonyl (C=O) groups excluding carboxylic acids is 9. The Labute approximate surface area is 408 Å². The van der Waals surface area contributed by atoms with Crippen LogP contribution in [-0.2, 0) is 49.6 Å². The zero-order chi connectivity index (χ0) is 51.9. The van der Waals surface area contributed by atoms with Crippen molar-refractivity contribution in [3.8, 4) is 5.75 Å². The van der Waals surface area contributed by atoms with Crippen LogP contribution in [0.3, 0.4) is 0 Å². The van der Waals surface area contributed by atoms with Gasteiger partial charge in [-0.1, -0.05) is 26.0 Å². The Morgan fingerprint density at radius 3 is 2.07 bits per heavy atom. The first-order valence-electron chi connectivity index (χ1n) is 22.7. The van der Waals surface area contributed by atoms with E-state index in [1.807, 2.05) is 0 Å². The molecule has 4 rings (SSSR count). The lowest BCUT2D eigenvalue weighted by atomic mass is 10.0. The summed E-state index contributed by atoms with van der Waals surface area (Å²) in [6.07, 6.45) is 1.20. The molecule has 0 spiro atoms. The van der Waals surface area contributed by atoms with Crippen LogP contribution >= 0.6 is 0 Å². The number of fused-ring (bicyclic) bond motifs is 1. The van der Waals surface area contributed by atoms with Crippen LogP contribution in [0.4, 0.5) is 20.1 Å². The maximum atomic E-state index is 13.6. The molecule has 384 valence electrons. The van der Waals surface area contributed by atoms with E-state index in [9.17, 15) is 47.9 Å². The predicted molar refractivity (Wildman–Crippen MR) is 254 cm³/mol. The third-order valence-corrected chi connectivity index (χ3v) is 10.5. The van der Waals surface area contributed by atoms with Crippen molar-refractivity contribution < 1.29 is 66.5 Å². The number of ether oxygens (including phenoxy) is 4. The number of likely N-dealkylation sites (N-methyl/N-ethyl adjacent to an activating group) is 2. The fourth-order valence-corrected chi connectivity index (χ4v) is 6.47. The molecule has 1 aliphatic rings. The van der Waals surface area contributed by atoms with Gasteiger partial charge in [-0.3, -0.25) is 33.7 Å². The molecule has 24 nitrogen and oxygen atoms in total. The molecule has 0 bridgehead atoms. The van der Waals surface area contributed by atoms with Crippen molar-refractivity contribution in [2.75, 3.05) is 78.6 Å². The summed E-state index contributed by atoms with van der Waals surface area (Å²) in [5, 5.41) is 13.9. The molecule has 71 heavy (non-hydrogen) atoms. The van der Waals surface area contributed by atoms with Gasteiger partial charge in [-0.25, -0.2) is 19.2 Å². The Balaban J connectivity index is 1.16. The molecule has 0 saturated carbocycles. The lowest BCUT2D eigenvalue weighted by Gasteiger charge is -2.25. The molecule has 10 amide bonds. The van der Waals surface area contributed by atoms with Crippen molar-refractivity contribution >= 4 is 70.3 Å². The topological polar surface area (TPSA) is 317 Å². The van der Waals surface area contributed by atoms with Crippen molar-refractivity contribution in [2.24, 2.45) is 11.7 Å². The summed E-state index contributed by atoms with van der Waals surface area (Å²) in [7, 11) is 3.00. The van der Waals surface area contributed by atoms with Crippen LogP contribution in [0.2, 0.25) is 0 Å². The van der Waals surface area contributed by atoms with E-state index in [1.165, 1.54) is 36.0 Å². The number of amides is 10. The maximum Gasteiger partial charge on any atom is 0.415 e. The van der Waals surface area contributed by atoms with Crippen LogP contribution in [0.15, 0.2) is 76.0 Å². The summed E-state index contributed by atoms with van der Waals surface area (Å²) in [4.78, 5) is 127. The first-order valence-corrected chi connectivity index (χ1v) is 22.7. The van der Waals surface area contributed by atoms with Crippen LogP contribution in [-0.4, -0.2) is 154 Å². The molecular weight excluding hydrogens is 931 g/mol. The van der Waals surface area contributed by atoms with Crippen LogP contribution in [0.1, 0.15) is 45.1 Å². The second-order valence-corrected chi connectivity index (χ2v) is 16.4. The Hall–Kier alpha value is -7.86. The largest absolute Gasteiger partial charge is 0.445 e. The Morgan fingerprint density at radius 1 is 0.732 bits per heavy atom. The number of carbonyl (C=O) groups is 9. The highest BCUT2D eigenvalue weighted by Crippen LogP contribution is 2.20.